The molecule has 21 heavy (non-hydrogen) atoms. The van der Waals surface area contributed by atoms with E-state index in [1.165, 1.54) is 0 Å². The van der Waals surface area contributed by atoms with Crippen LogP contribution < -0.4 is 0 Å². The van der Waals surface area contributed by atoms with E-state index in [1.807, 2.05) is 34.0 Å². The van der Waals surface area contributed by atoms with Gasteiger partial charge in [0.1, 0.15) is 5.60 Å². The number of hydrogen-bond donors (Lipinski definition) is 0. The number of aromatic nitrogens is 2. The van der Waals surface area contributed by atoms with E-state index in [9.17, 15) is 4.79 Å². The van der Waals surface area contributed by atoms with E-state index in [4.69, 9.17) is 4.74 Å². The topological polar surface area (TPSA) is 47.4 Å². The molecule has 0 saturated carbocycles. The Hall–Kier alpha value is -1.04. The summed E-state index contributed by atoms with van der Waals surface area (Å²) in [5, 5.41) is 4.38. The van der Waals surface area contributed by atoms with E-state index in [-0.39, 0.29) is 6.09 Å². The number of amides is 1. The lowest BCUT2D eigenvalue weighted by Gasteiger charge is -2.27. The molecule has 0 bridgehead atoms. The number of aryl methyl sites for hydroxylation is 1. The van der Waals surface area contributed by atoms with Gasteiger partial charge in [0.15, 0.2) is 0 Å². The quantitative estimate of drug-likeness (QED) is 0.718. The molecule has 0 unspecified atom stereocenters. The standard InChI is InChI=1S/C15H26BrN3O2/c1-6-7-8-9-19(14(20)21-15(2,3)4)11-13-12(16)10-18(5)17-13/h10H,6-9,11H2,1-5H3. The third-order valence-electron chi connectivity index (χ3n) is 2.88. The van der Waals surface area contributed by atoms with Crippen molar-refractivity contribution in [2.24, 2.45) is 7.05 Å². The Balaban J connectivity index is 2.76. The van der Waals surface area contributed by atoms with E-state index in [2.05, 4.69) is 28.0 Å². The van der Waals surface area contributed by atoms with Crippen LogP contribution in [0.5, 0.6) is 0 Å². The molecule has 0 saturated heterocycles. The average Bonchev–Trinajstić information content (AvgIpc) is 2.64. The van der Waals surface area contributed by atoms with Gasteiger partial charge in [-0.2, -0.15) is 5.10 Å². The Morgan fingerprint density at radius 1 is 1.43 bits per heavy atom. The molecule has 5 nitrogen and oxygen atoms in total. The summed E-state index contributed by atoms with van der Waals surface area (Å²) < 4.78 is 8.13. The van der Waals surface area contributed by atoms with E-state index in [0.717, 1.165) is 29.4 Å². The van der Waals surface area contributed by atoms with Crippen molar-refractivity contribution in [2.45, 2.75) is 59.1 Å². The molecule has 0 aromatic carbocycles. The van der Waals surface area contributed by atoms with Gasteiger partial charge in [0.25, 0.3) is 0 Å². The van der Waals surface area contributed by atoms with Crippen LogP contribution >= 0.6 is 15.9 Å². The van der Waals surface area contributed by atoms with Crippen LogP contribution in [0.15, 0.2) is 10.7 Å². The zero-order valence-corrected chi connectivity index (χ0v) is 15.2. The third kappa shape index (κ3) is 6.50. The van der Waals surface area contributed by atoms with Crippen LogP contribution in [0.4, 0.5) is 4.79 Å². The fourth-order valence-corrected chi connectivity index (χ4v) is 2.41. The van der Waals surface area contributed by atoms with Crippen molar-refractivity contribution in [3.63, 3.8) is 0 Å². The largest absolute Gasteiger partial charge is 0.444 e. The van der Waals surface area contributed by atoms with Gasteiger partial charge < -0.3 is 9.64 Å². The molecule has 0 radical (unpaired) electrons. The SMILES string of the molecule is CCCCCN(Cc1nn(C)cc1Br)C(=O)OC(C)(C)C. The van der Waals surface area contributed by atoms with Gasteiger partial charge in [0.05, 0.1) is 16.7 Å². The zero-order valence-electron chi connectivity index (χ0n) is 13.6. The van der Waals surface area contributed by atoms with Crippen LogP contribution in [0, 0.1) is 0 Å². The van der Waals surface area contributed by atoms with Crippen molar-refractivity contribution in [3.8, 4) is 0 Å². The summed E-state index contributed by atoms with van der Waals surface area (Å²) >= 11 is 3.48. The fourth-order valence-electron chi connectivity index (χ4n) is 1.91. The van der Waals surface area contributed by atoms with Gasteiger partial charge in [0.2, 0.25) is 0 Å². The smallest absolute Gasteiger partial charge is 0.410 e. The second-order valence-electron chi connectivity index (χ2n) is 6.21. The first-order valence-corrected chi connectivity index (χ1v) is 8.18. The van der Waals surface area contributed by atoms with Crippen molar-refractivity contribution >= 4 is 22.0 Å². The van der Waals surface area contributed by atoms with E-state index >= 15 is 0 Å². The monoisotopic (exact) mass is 359 g/mol. The average molecular weight is 360 g/mol. The minimum absolute atomic E-state index is 0.281. The normalized spacial score (nSPS) is 11.5. The third-order valence-corrected chi connectivity index (χ3v) is 3.54. The molecule has 1 heterocycles. The number of hydrogen-bond acceptors (Lipinski definition) is 3. The van der Waals surface area contributed by atoms with Gasteiger partial charge in [-0.25, -0.2) is 4.79 Å². The lowest BCUT2D eigenvalue weighted by molar-refractivity contribution is 0.0227. The highest BCUT2D eigenvalue weighted by Crippen LogP contribution is 2.18. The molecule has 1 aromatic rings. The summed E-state index contributed by atoms with van der Waals surface area (Å²) in [6, 6.07) is 0. The number of carbonyl (C=O) groups is 1. The molecule has 120 valence electrons. The summed E-state index contributed by atoms with van der Waals surface area (Å²) in [6.45, 7) is 8.93. The molecule has 1 amide bonds. The van der Waals surface area contributed by atoms with Crippen LogP contribution in [-0.4, -0.2) is 32.9 Å². The number of carbonyl (C=O) groups excluding carboxylic acids is 1. The molecular weight excluding hydrogens is 334 g/mol. The molecule has 0 aliphatic heterocycles. The van der Waals surface area contributed by atoms with E-state index in [0.29, 0.717) is 13.1 Å². The van der Waals surface area contributed by atoms with E-state index in [1.54, 1.807) is 9.58 Å². The van der Waals surface area contributed by atoms with Crippen LogP contribution in [0.3, 0.4) is 0 Å². The summed E-state index contributed by atoms with van der Waals surface area (Å²) in [6.07, 6.45) is 4.80. The lowest BCUT2D eigenvalue weighted by atomic mass is 10.2. The molecule has 0 spiro atoms. The van der Waals surface area contributed by atoms with Gasteiger partial charge >= 0.3 is 6.09 Å². The van der Waals surface area contributed by atoms with Crippen molar-refractivity contribution in [1.82, 2.24) is 14.7 Å². The maximum Gasteiger partial charge on any atom is 0.410 e. The van der Waals surface area contributed by atoms with E-state index < -0.39 is 5.60 Å². The summed E-state index contributed by atoms with van der Waals surface area (Å²) in [4.78, 5) is 14.1. The summed E-state index contributed by atoms with van der Waals surface area (Å²) in [7, 11) is 1.86. The second-order valence-corrected chi connectivity index (χ2v) is 7.06. The first kappa shape index (κ1) is 18.0. The molecule has 1 aromatic heterocycles. The van der Waals surface area contributed by atoms with Gasteiger partial charge in [-0.3, -0.25) is 4.68 Å². The number of nitrogens with zero attached hydrogens (tertiary/aromatic N) is 3. The highest BCUT2D eigenvalue weighted by atomic mass is 79.9. The maximum absolute atomic E-state index is 12.3. The summed E-state index contributed by atoms with van der Waals surface area (Å²) in [5.41, 5.74) is 0.362. The molecule has 0 N–H and O–H groups in total. The highest BCUT2D eigenvalue weighted by molar-refractivity contribution is 9.10. The summed E-state index contributed by atoms with van der Waals surface area (Å²) in [5.74, 6) is 0. The van der Waals surface area contributed by atoms with Crippen LogP contribution in [0.2, 0.25) is 0 Å². The molecule has 0 aliphatic rings. The Morgan fingerprint density at radius 3 is 2.57 bits per heavy atom. The molecule has 1 rings (SSSR count). The maximum atomic E-state index is 12.3. The van der Waals surface area contributed by atoms with Gasteiger partial charge in [-0.05, 0) is 43.1 Å². The van der Waals surface area contributed by atoms with Crippen LogP contribution in [0.1, 0.15) is 52.7 Å². The first-order chi connectivity index (χ1) is 9.73. The van der Waals surface area contributed by atoms with Crippen LogP contribution in [-0.2, 0) is 18.3 Å². The Bertz CT molecular complexity index is 466. The molecular formula is C15H26BrN3O2. The Labute approximate surface area is 135 Å². The predicted molar refractivity (Wildman–Crippen MR) is 87.1 cm³/mol. The molecule has 0 fully saturated rings. The van der Waals surface area contributed by atoms with Crippen molar-refractivity contribution in [1.29, 1.82) is 0 Å². The minimum Gasteiger partial charge on any atom is -0.444 e. The zero-order chi connectivity index (χ0) is 16.0. The second kappa shape index (κ2) is 7.82. The Morgan fingerprint density at radius 2 is 2.10 bits per heavy atom. The molecule has 0 aliphatic carbocycles. The lowest BCUT2D eigenvalue weighted by Crippen LogP contribution is -2.37. The fraction of sp³-hybridized carbons (Fsp3) is 0.733. The van der Waals surface area contributed by atoms with Crippen molar-refractivity contribution in [2.75, 3.05) is 6.54 Å². The number of halogens is 1. The number of ether oxygens (including phenoxy) is 1. The van der Waals surface area contributed by atoms with Gasteiger partial charge in [0, 0.05) is 19.8 Å². The number of unbranched alkanes of at least 4 members (excludes halogenated alkanes) is 2. The van der Waals surface area contributed by atoms with Crippen molar-refractivity contribution < 1.29 is 9.53 Å². The highest BCUT2D eigenvalue weighted by Gasteiger charge is 2.23. The predicted octanol–water partition coefficient (Wildman–Crippen LogP) is 4.11. The van der Waals surface area contributed by atoms with Gasteiger partial charge in [-0.15, -0.1) is 0 Å². The van der Waals surface area contributed by atoms with Gasteiger partial charge in [-0.1, -0.05) is 19.8 Å². The first-order valence-electron chi connectivity index (χ1n) is 7.39. The minimum atomic E-state index is -0.485. The number of rotatable bonds is 6. The Kier molecular flexibility index (Phi) is 6.71. The molecule has 6 heteroatoms. The van der Waals surface area contributed by atoms with Crippen molar-refractivity contribution in [3.05, 3.63) is 16.4 Å². The molecule has 0 atom stereocenters. The van der Waals surface area contributed by atoms with Crippen LogP contribution in [0.25, 0.3) is 0 Å².